The second kappa shape index (κ2) is 5.33. The van der Waals surface area contributed by atoms with Crippen molar-refractivity contribution in [1.29, 1.82) is 0 Å². The number of nitrogens with zero attached hydrogens (tertiary/aromatic N) is 1. The number of carbonyl (C=O) groups is 3. The summed E-state index contributed by atoms with van der Waals surface area (Å²) in [7, 11) is 0. The topological polar surface area (TPSA) is 63.7 Å². The molecule has 2 aliphatic rings. The molecule has 0 saturated carbocycles. The first-order chi connectivity index (χ1) is 8.97. The summed E-state index contributed by atoms with van der Waals surface area (Å²) in [5.41, 5.74) is 0. The predicted molar refractivity (Wildman–Crippen MR) is 68.1 cm³/mol. The van der Waals surface area contributed by atoms with Gasteiger partial charge in [-0.25, -0.2) is 4.79 Å². The Hall–Kier alpha value is -1.36. The minimum atomic E-state index is -0.871. The van der Waals surface area contributed by atoms with E-state index < -0.39 is 17.9 Å². The van der Waals surface area contributed by atoms with Crippen LogP contribution in [-0.4, -0.2) is 35.3 Å². The molecular formula is C13H16ClNO4. The minimum absolute atomic E-state index is 0.222. The number of hydrogen-bond donors (Lipinski definition) is 0. The van der Waals surface area contributed by atoms with Gasteiger partial charge in [-0.1, -0.05) is 17.7 Å². The largest absolute Gasteiger partial charge is 0.464 e. The number of ether oxygens (including phenoxy) is 1. The van der Waals surface area contributed by atoms with E-state index in [4.69, 9.17) is 16.3 Å². The summed E-state index contributed by atoms with van der Waals surface area (Å²) >= 11 is 5.92. The lowest BCUT2D eigenvalue weighted by molar-refractivity contribution is -0.157. The molecule has 0 aromatic carbocycles. The number of rotatable bonds is 3. The van der Waals surface area contributed by atoms with Crippen LogP contribution in [0.2, 0.25) is 0 Å². The van der Waals surface area contributed by atoms with Gasteiger partial charge in [-0.3, -0.25) is 14.5 Å². The monoisotopic (exact) mass is 285 g/mol. The highest BCUT2D eigenvalue weighted by atomic mass is 35.5. The Balaban J connectivity index is 2.19. The van der Waals surface area contributed by atoms with Crippen molar-refractivity contribution in [2.24, 2.45) is 11.8 Å². The molecule has 1 aliphatic carbocycles. The Bertz CT molecular complexity index is 460. The van der Waals surface area contributed by atoms with Gasteiger partial charge in [-0.2, -0.15) is 0 Å². The van der Waals surface area contributed by atoms with Gasteiger partial charge >= 0.3 is 5.97 Å². The summed E-state index contributed by atoms with van der Waals surface area (Å²) < 4.78 is 4.86. The highest BCUT2D eigenvalue weighted by molar-refractivity contribution is 6.30. The van der Waals surface area contributed by atoms with Crippen LogP contribution in [-0.2, 0) is 19.1 Å². The van der Waals surface area contributed by atoms with Crippen molar-refractivity contribution in [3.63, 3.8) is 0 Å². The first-order valence-corrected chi connectivity index (χ1v) is 6.73. The number of allylic oxidation sites excluding steroid dienone is 2. The molecule has 1 heterocycles. The summed E-state index contributed by atoms with van der Waals surface area (Å²) in [6.07, 6.45) is 2.61. The smallest absolute Gasteiger partial charge is 0.329 e. The molecule has 104 valence electrons. The zero-order chi connectivity index (χ0) is 14.2. The van der Waals surface area contributed by atoms with E-state index in [1.54, 1.807) is 13.0 Å². The van der Waals surface area contributed by atoms with E-state index in [9.17, 15) is 14.4 Å². The van der Waals surface area contributed by atoms with E-state index in [1.165, 1.54) is 6.92 Å². The molecule has 0 spiro atoms. The van der Waals surface area contributed by atoms with Gasteiger partial charge < -0.3 is 4.74 Å². The van der Waals surface area contributed by atoms with E-state index in [0.717, 1.165) is 4.90 Å². The van der Waals surface area contributed by atoms with Gasteiger partial charge in [0.05, 0.1) is 18.4 Å². The predicted octanol–water partition coefficient (Wildman–Crippen LogP) is 1.46. The van der Waals surface area contributed by atoms with Crippen LogP contribution in [0.25, 0.3) is 0 Å². The Morgan fingerprint density at radius 2 is 2.11 bits per heavy atom. The van der Waals surface area contributed by atoms with Crippen molar-refractivity contribution >= 4 is 29.4 Å². The molecule has 6 heteroatoms. The summed E-state index contributed by atoms with van der Waals surface area (Å²) in [4.78, 5) is 37.2. The van der Waals surface area contributed by atoms with Crippen molar-refractivity contribution in [2.75, 3.05) is 6.61 Å². The fourth-order valence-electron chi connectivity index (χ4n) is 2.60. The maximum absolute atomic E-state index is 12.3. The summed E-state index contributed by atoms with van der Waals surface area (Å²) in [6, 6.07) is -0.871. The normalized spacial score (nSPS) is 27.9. The lowest BCUT2D eigenvalue weighted by Gasteiger charge is -2.21. The number of amides is 2. The number of imide groups is 1. The SMILES string of the molecule is CCOC(=O)[C@H](C)N1C(=O)[C@H]2CC=C(Cl)C[C@@H]2C1=O. The number of likely N-dealkylation sites (tertiary alicyclic amines) is 1. The van der Waals surface area contributed by atoms with E-state index in [2.05, 4.69) is 0 Å². The van der Waals surface area contributed by atoms with Gasteiger partial charge in [0, 0.05) is 5.03 Å². The van der Waals surface area contributed by atoms with Crippen molar-refractivity contribution in [3.05, 3.63) is 11.1 Å². The van der Waals surface area contributed by atoms with Crippen LogP contribution >= 0.6 is 11.6 Å². The molecule has 19 heavy (non-hydrogen) atoms. The lowest BCUT2D eigenvalue weighted by atomic mass is 9.85. The van der Waals surface area contributed by atoms with Gasteiger partial charge in [-0.15, -0.1) is 0 Å². The number of esters is 1. The standard InChI is InChI=1S/C13H16ClNO4/c1-3-19-13(18)7(2)15-11(16)9-5-4-8(14)6-10(9)12(15)17/h4,7,9-10H,3,5-6H2,1-2H3/t7-,9-,10-/m0/s1. The molecule has 0 radical (unpaired) electrons. The molecule has 2 amide bonds. The Labute approximate surface area is 116 Å². The van der Waals surface area contributed by atoms with Crippen LogP contribution < -0.4 is 0 Å². The molecule has 0 aromatic heterocycles. The third-order valence-electron chi connectivity index (χ3n) is 3.62. The molecular weight excluding hydrogens is 270 g/mol. The molecule has 1 saturated heterocycles. The lowest BCUT2D eigenvalue weighted by Crippen LogP contribution is -2.44. The van der Waals surface area contributed by atoms with Crippen molar-refractivity contribution < 1.29 is 19.1 Å². The fourth-order valence-corrected chi connectivity index (χ4v) is 2.86. The third-order valence-corrected chi connectivity index (χ3v) is 3.93. The fraction of sp³-hybridized carbons (Fsp3) is 0.615. The van der Waals surface area contributed by atoms with Gasteiger partial charge in [-0.05, 0) is 26.7 Å². The van der Waals surface area contributed by atoms with E-state index >= 15 is 0 Å². The summed E-state index contributed by atoms with van der Waals surface area (Å²) in [5.74, 6) is -1.98. The number of halogens is 1. The van der Waals surface area contributed by atoms with Gasteiger partial charge in [0.2, 0.25) is 11.8 Å². The maximum Gasteiger partial charge on any atom is 0.329 e. The first kappa shape index (κ1) is 14.1. The van der Waals surface area contributed by atoms with Crippen LogP contribution in [0.15, 0.2) is 11.1 Å². The Morgan fingerprint density at radius 1 is 1.47 bits per heavy atom. The number of carbonyl (C=O) groups excluding carboxylic acids is 3. The minimum Gasteiger partial charge on any atom is -0.464 e. The Kier molecular flexibility index (Phi) is 3.94. The average molecular weight is 286 g/mol. The summed E-state index contributed by atoms with van der Waals surface area (Å²) in [5, 5.41) is 0.605. The van der Waals surface area contributed by atoms with E-state index in [-0.39, 0.29) is 24.3 Å². The van der Waals surface area contributed by atoms with Crippen molar-refractivity contribution in [3.8, 4) is 0 Å². The van der Waals surface area contributed by atoms with E-state index in [0.29, 0.717) is 17.9 Å². The van der Waals surface area contributed by atoms with Crippen LogP contribution in [0.5, 0.6) is 0 Å². The molecule has 1 fully saturated rings. The molecule has 0 N–H and O–H groups in total. The average Bonchev–Trinajstić information content (AvgIpc) is 2.61. The van der Waals surface area contributed by atoms with Gasteiger partial charge in [0.1, 0.15) is 6.04 Å². The molecule has 1 aliphatic heterocycles. The van der Waals surface area contributed by atoms with Crippen molar-refractivity contribution in [1.82, 2.24) is 4.90 Å². The number of hydrogen-bond acceptors (Lipinski definition) is 4. The van der Waals surface area contributed by atoms with Gasteiger partial charge in [0.25, 0.3) is 0 Å². The molecule has 3 atom stereocenters. The molecule has 2 rings (SSSR count). The van der Waals surface area contributed by atoms with E-state index in [1.807, 2.05) is 0 Å². The van der Waals surface area contributed by atoms with Crippen molar-refractivity contribution in [2.45, 2.75) is 32.7 Å². The Morgan fingerprint density at radius 3 is 2.74 bits per heavy atom. The first-order valence-electron chi connectivity index (χ1n) is 6.35. The van der Waals surface area contributed by atoms with Crippen LogP contribution in [0, 0.1) is 11.8 Å². The zero-order valence-corrected chi connectivity index (χ0v) is 11.6. The number of fused-ring (bicyclic) bond motifs is 1. The molecule has 0 unspecified atom stereocenters. The van der Waals surface area contributed by atoms with Crippen LogP contribution in [0.4, 0.5) is 0 Å². The molecule has 0 bridgehead atoms. The highest BCUT2D eigenvalue weighted by Crippen LogP contribution is 2.39. The second-order valence-corrected chi connectivity index (χ2v) is 5.26. The third kappa shape index (κ3) is 2.39. The quantitative estimate of drug-likeness (QED) is 0.582. The summed E-state index contributed by atoms with van der Waals surface area (Å²) in [6.45, 7) is 3.42. The van der Waals surface area contributed by atoms with Crippen LogP contribution in [0.3, 0.4) is 0 Å². The zero-order valence-electron chi connectivity index (χ0n) is 10.9. The second-order valence-electron chi connectivity index (χ2n) is 4.78. The highest BCUT2D eigenvalue weighted by Gasteiger charge is 2.51. The maximum atomic E-state index is 12.3. The van der Waals surface area contributed by atoms with Crippen LogP contribution in [0.1, 0.15) is 26.7 Å². The molecule has 5 nitrogen and oxygen atoms in total. The molecule has 0 aromatic rings. The van der Waals surface area contributed by atoms with Gasteiger partial charge in [0.15, 0.2) is 0 Å².